The van der Waals surface area contributed by atoms with Crippen molar-refractivity contribution in [1.29, 1.82) is 0 Å². The Morgan fingerprint density at radius 1 is 0.639 bits per heavy atom. The molecule has 0 saturated heterocycles. The highest BCUT2D eigenvalue weighted by Gasteiger charge is 2.29. The van der Waals surface area contributed by atoms with Gasteiger partial charge in [-0.3, -0.25) is 30.0 Å². The van der Waals surface area contributed by atoms with E-state index >= 15 is 0 Å². The molecule has 0 radical (unpaired) electrons. The fourth-order valence-electron chi connectivity index (χ4n) is 3.63. The minimum atomic E-state index is -0.918. The van der Waals surface area contributed by atoms with Crippen LogP contribution in [0.3, 0.4) is 0 Å². The molecule has 194 valence electrons. The lowest BCUT2D eigenvalue weighted by molar-refractivity contribution is -0.124. The number of carbonyl (C=O) groups is 4. The largest absolute Gasteiger partial charge is 0.507 e. The standard InChI is InChI=1S/C26H34N4O6/c27-28-23(33)17-7-5-3-1-2-4-6-8-18-24(34)29-30(25(35)19-13-9-11-15-21(19)31)26(36)20-14-10-12-16-22(20)32/h9-16,31-32H,1-8,17-18,27H2,(H,28,33)(H,29,34). The molecule has 0 bridgehead atoms. The summed E-state index contributed by atoms with van der Waals surface area (Å²) < 4.78 is 0. The number of hydrogen-bond donors (Lipinski definition) is 5. The summed E-state index contributed by atoms with van der Waals surface area (Å²) in [6.07, 6.45) is 7.69. The van der Waals surface area contributed by atoms with Crippen molar-refractivity contribution >= 4 is 23.6 Å². The maximum atomic E-state index is 13.0. The molecule has 0 unspecified atom stereocenters. The highest BCUT2D eigenvalue weighted by Crippen LogP contribution is 2.22. The van der Waals surface area contributed by atoms with Gasteiger partial charge >= 0.3 is 0 Å². The Labute approximate surface area is 210 Å². The van der Waals surface area contributed by atoms with Crippen LogP contribution in [0.1, 0.15) is 84.9 Å². The molecule has 0 atom stereocenters. The summed E-state index contributed by atoms with van der Waals surface area (Å²) >= 11 is 0. The Hall–Kier alpha value is -3.92. The molecule has 36 heavy (non-hydrogen) atoms. The van der Waals surface area contributed by atoms with Crippen LogP contribution < -0.4 is 16.7 Å². The zero-order chi connectivity index (χ0) is 26.3. The van der Waals surface area contributed by atoms with Crippen molar-refractivity contribution in [3.8, 4) is 11.5 Å². The molecule has 0 aliphatic carbocycles. The molecule has 0 aliphatic heterocycles. The third kappa shape index (κ3) is 9.03. The summed E-state index contributed by atoms with van der Waals surface area (Å²) in [5.74, 6) is 1.84. The summed E-state index contributed by atoms with van der Waals surface area (Å²) in [5.41, 5.74) is 4.13. The van der Waals surface area contributed by atoms with E-state index in [1.165, 1.54) is 48.5 Å². The number of phenols is 2. The van der Waals surface area contributed by atoms with Gasteiger partial charge in [0.25, 0.3) is 11.8 Å². The molecule has 10 nitrogen and oxygen atoms in total. The van der Waals surface area contributed by atoms with Crippen molar-refractivity contribution in [3.05, 3.63) is 59.7 Å². The van der Waals surface area contributed by atoms with Crippen LogP contribution in [0.5, 0.6) is 11.5 Å². The van der Waals surface area contributed by atoms with E-state index in [9.17, 15) is 29.4 Å². The van der Waals surface area contributed by atoms with Crippen molar-refractivity contribution in [3.63, 3.8) is 0 Å². The first kappa shape index (κ1) is 28.3. The number of rotatable bonds is 13. The number of nitrogens with two attached hydrogens (primary N) is 1. The highest BCUT2D eigenvalue weighted by atomic mass is 16.3. The number of aromatic hydroxyl groups is 2. The van der Waals surface area contributed by atoms with Crippen LogP contribution in [-0.4, -0.2) is 38.9 Å². The molecule has 0 fully saturated rings. The second-order valence-electron chi connectivity index (χ2n) is 8.41. The van der Waals surface area contributed by atoms with E-state index in [1.54, 1.807) is 0 Å². The fraction of sp³-hybridized carbons (Fsp3) is 0.385. The van der Waals surface area contributed by atoms with Crippen LogP contribution >= 0.6 is 0 Å². The Morgan fingerprint density at radius 2 is 1.03 bits per heavy atom. The number of unbranched alkanes of at least 4 members (excludes halogenated alkanes) is 7. The number of hydrazine groups is 2. The number of hydrogen-bond acceptors (Lipinski definition) is 7. The molecule has 0 saturated carbocycles. The first-order valence-electron chi connectivity index (χ1n) is 12.1. The Bertz CT molecular complexity index is 985. The van der Waals surface area contributed by atoms with E-state index in [-0.39, 0.29) is 35.0 Å². The van der Waals surface area contributed by atoms with Gasteiger partial charge in [0.05, 0.1) is 11.1 Å². The first-order chi connectivity index (χ1) is 17.3. The molecule has 6 N–H and O–H groups in total. The summed E-state index contributed by atoms with van der Waals surface area (Å²) in [7, 11) is 0. The number of amides is 4. The molecule has 2 rings (SSSR count). The van der Waals surface area contributed by atoms with Gasteiger partial charge in [-0.25, -0.2) is 5.84 Å². The van der Waals surface area contributed by atoms with Gasteiger partial charge in [-0.1, -0.05) is 62.8 Å². The van der Waals surface area contributed by atoms with E-state index in [0.717, 1.165) is 44.9 Å². The molecule has 2 aromatic carbocycles. The van der Waals surface area contributed by atoms with Crippen LogP contribution in [0.15, 0.2) is 48.5 Å². The average Bonchev–Trinajstić information content (AvgIpc) is 2.88. The number of nitrogens with zero attached hydrogens (tertiary/aromatic N) is 1. The van der Waals surface area contributed by atoms with Crippen LogP contribution in [0.25, 0.3) is 0 Å². The zero-order valence-electron chi connectivity index (χ0n) is 20.2. The smallest absolute Gasteiger partial charge is 0.283 e. The zero-order valence-corrected chi connectivity index (χ0v) is 20.2. The van der Waals surface area contributed by atoms with Crippen LogP contribution in [-0.2, 0) is 9.59 Å². The molecule has 2 aromatic rings. The Balaban J connectivity index is 1.85. The molecule has 0 heterocycles. The molecular formula is C26H34N4O6. The maximum absolute atomic E-state index is 13.0. The van der Waals surface area contributed by atoms with E-state index in [1.807, 2.05) is 0 Å². The summed E-state index contributed by atoms with van der Waals surface area (Å²) in [4.78, 5) is 49.7. The molecule has 0 aliphatic rings. The van der Waals surface area contributed by atoms with Gasteiger partial charge in [-0.05, 0) is 37.1 Å². The van der Waals surface area contributed by atoms with E-state index in [4.69, 9.17) is 5.84 Å². The van der Waals surface area contributed by atoms with Gasteiger partial charge in [0.15, 0.2) is 0 Å². The fourth-order valence-corrected chi connectivity index (χ4v) is 3.63. The molecule has 4 amide bonds. The molecule has 10 heteroatoms. The molecule has 0 aromatic heterocycles. The van der Waals surface area contributed by atoms with Crippen molar-refractivity contribution < 1.29 is 29.4 Å². The van der Waals surface area contributed by atoms with Crippen molar-refractivity contribution in [1.82, 2.24) is 15.9 Å². The third-order valence-corrected chi connectivity index (χ3v) is 5.63. The summed E-state index contributed by atoms with van der Waals surface area (Å²) in [5, 5.41) is 20.6. The minimum absolute atomic E-state index is 0.104. The number of imide groups is 1. The second-order valence-corrected chi connectivity index (χ2v) is 8.41. The number of nitrogens with one attached hydrogen (secondary N) is 2. The predicted octanol–water partition coefficient (Wildman–Crippen LogP) is 3.30. The lowest BCUT2D eigenvalue weighted by Gasteiger charge is -2.22. The number of carbonyl (C=O) groups excluding carboxylic acids is 4. The lowest BCUT2D eigenvalue weighted by Crippen LogP contribution is -2.49. The molecule has 0 spiro atoms. The third-order valence-electron chi connectivity index (χ3n) is 5.63. The van der Waals surface area contributed by atoms with Gasteiger partial charge in [-0.2, -0.15) is 5.01 Å². The van der Waals surface area contributed by atoms with Gasteiger partial charge in [0, 0.05) is 12.8 Å². The van der Waals surface area contributed by atoms with Crippen molar-refractivity contribution in [2.45, 2.75) is 64.2 Å². The topological polar surface area (TPSA) is 162 Å². The Kier molecular flexibility index (Phi) is 11.9. The quantitative estimate of drug-likeness (QED) is 0.0930. The van der Waals surface area contributed by atoms with E-state index < -0.39 is 17.7 Å². The summed E-state index contributed by atoms with van der Waals surface area (Å²) in [6, 6.07) is 11.4. The van der Waals surface area contributed by atoms with Gasteiger partial charge in [-0.15, -0.1) is 0 Å². The Morgan fingerprint density at radius 3 is 1.44 bits per heavy atom. The van der Waals surface area contributed by atoms with Gasteiger partial charge in [0.1, 0.15) is 11.5 Å². The normalized spacial score (nSPS) is 10.5. The second kappa shape index (κ2) is 15.2. The van der Waals surface area contributed by atoms with Crippen LogP contribution in [0.2, 0.25) is 0 Å². The van der Waals surface area contributed by atoms with Crippen molar-refractivity contribution in [2.24, 2.45) is 5.84 Å². The van der Waals surface area contributed by atoms with Gasteiger partial charge < -0.3 is 10.2 Å². The van der Waals surface area contributed by atoms with Crippen LogP contribution in [0.4, 0.5) is 0 Å². The SMILES string of the molecule is NNC(=O)CCCCCCCCCCC(=O)NN(C(=O)c1ccccc1O)C(=O)c1ccccc1O. The number of phenolic OH excluding ortho intramolecular Hbond substituents is 2. The highest BCUT2D eigenvalue weighted by molar-refractivity contribution is 6.12. The van der Waals surface area contributed by atoms with E-state index in [2.05, 4.69) is 10.9 Å². The predicted molar refractivity (Wildman–Crippen MR) is 133 cm³/mol. The van der Waals surface area contributed by atoms with Crippen LogP contribution in [0, 0.1) is 0 Å². The average molecular weight is 499 g/mol. The van der Waals surface area contributed by atoms with Gasteiger partial charge in [0.2, 0.25) is 11.8 Å². The number of para-hydroxylation sites is 2. The summed E-state index contributed by atoms with van der Waals surface area (Å²) in [6.45, 7) is 0. The first-order valence-corrected chi connectivity index (χ1v) is 12.1. The van der Waals surface area contributed by atoms with E-state index in [0.29, 0.717) is 17.9 Å². The minimum Gasteiger partial charge on any atom is -0.507 e. The molecular weight excluding hydrogens is 464 g/mol. The number of benzene rings is 2. The monoisotopic (exact) mass is 498 g/mol. The maximum Gasteiger partial charge on any atom is 0.283 e. The lowest BCUT2D eigenvalue weighted by atomic mass is 10.1. The van der Waals surface area contributed by atoms with Crippen molar-refractivity contribution in [2.75, 3.05) is 0 Å².